The summed E-state index contributed by atoms with van der Waals surface area (Å²) in [7, 11) is 0. The Morgan fingerprint density at radius 3 is 2.48 bits per heavy atom. The van der Waals surface area contributed by atoms with Crippen LogP contribution in [0.15, 0.2) is 12.1 Å². The lowest BCUT2D eigenvalue weighted by atomic mass is 10.1. The average Bonchev–Trinajstić information content (AvgIpc) is 2.46. The predicted octanol–water partition coefficient (Wildman–Crippen LogP) is 2.92. The summed E-state index contributed by atoms with van der Waals surface area (Å²) in [5.41, 5.74) is 3.49. The van der Waals surface area contributed by atoms with E-state index in [1.54, 1.807) is 0 Å². The van der Waals surface area contributed by atoms with Gasteiger partial charge in [0.2, 0.25) is 0 Å². The topological polar surface area (TPSA) is 47.6 Å². The lowest BCUT2D eigenvalue weighted by Gasteiger charge is -2.18. The van der Waals surface area contributed by atoms with Gasteiger partial charge < -0.3 is 14.8 Å². The first-order valence-corrected chi connectivity index (χ1v) is 7.60. The van der Waals surface area contributed by atoms with Crippen molar-refractivity contribution in [3.63, 3.8) is 0 Å². The van der Waals surface area contributed by atoms with Gasteiger partial charge in [-0.3, -0.25) is 4.79 Å². The molecule has 0 aromatic heterocycles. The summed E-state index contributed by atoms with van der Waals surface area (Å²) < 4.78 is 11.0. The van der Waals surface area contributed by atoms with Gasteiger partial charge in [-0.25, -0.2) is 0 Å². The largest absolute Gasteiger partial charge is 0.493 e. The van der Waals surface area contributed by atoms with Gasteiger partial charge in [-0.2, -0.15) is 0 Å². The Morgan fingerprint density at radius 1 is 1.19 bits per heavy atom. The van der Waals surface area contributed by atoms with Crippen LogP contribution >= 0.6 is 0 Å². The third-order valence-corrected chi connectivity index (χ3v) is 3.55. The minimum Gasteiger partial charge on any atom is -0.493 e. The molecule has 1 N–H and O–H groups in total. The van der Waals surface area contributed by atoms with Crippen LogP contribution in [0, 0.1) is 20.8 Å². The minimum atomic E-state index is -0.305. The van der Waals surface area contributed by atoms with Crippen molar-refractivity contribution >= 4 is 5.97 Å². The second kappa shape index (κ2) is 8.67. The fourth-order valence-electron chi connectivity index (χ4n) is 2.22. The van der Waals surface area contributed by atoms with Crippen molar-refractivity contribution in [1.29, 1.82) is 0 Å². The van der Waals surface area contributed by atoms with E-state index >= 15 is 0 Å². The number of hydrogen-bond donors (Lipinski definition) is 1. The first kappa shape index (κ1) is 17.5. The smallest absolute Gasteiger partial charge is 0.323 e. The molecule has 4 nitrogen and oxygen atoms in total. The zero-order chi connectivity index (χ0) is 15.8. The monoisotopic (exact) mass is 293 g/mol. The van der Waals surface area contributed by atoms with Crippen LogP contribution in [-0.2, 0) is 9.53 Å². The fourth-order valence-corrected chi connectivity index (χ4v) is 2.22. The SMILES string of the molecule is CCNC(CCOc1c(C)ccc(C)c1C)C(=O)OCC. The van der Waals surface area contributed by atoms with Gasteiger partial charge in [0, 0.05) is 6.42 Å². The maximum atomic E-state index is 11.8. The Kier molecular flexibility index (Phi) is 7.23. The quantitative estimate of drug-likeness (QED) is 0.749. The van der Waals surface area contributed by atoms with Gasteiger partial charge >= 0.3 is 5.97 Å². The van der Waals surface area contributed by atoms with Crippen molar-refractivity contribution in [2.24, 2.45) is 0 Å². The number of rotatable bonds is 8. The lowest BCUT2D eigenvalue weighted by Crippen LogP contribution is -2.39. The number of carbonyl (C=O) groups excluding carboxylic acids is 1. The highest BCUT2D eigenvalue weighted by Gasteiger charge is 2.18. The van der Waals surface area contributed by atoms with Crippen molar-refractivity contribution < 1.29 is 14.3 Å². The Morgan fingerprint density at radius 2 is 1.86 bits per heavy atom. The van der Waals surface area contributed by atoms with E-state index in [-0.39, 0.29) is 12.0 Å². The zero-order valence-corrected chi connectivity index (χ0v) is 13.8. The second-order valence-electron chi connectivity index (χ2n) is 5.15. The first-order chi connectivity index (χ1) is 10.0. The molecule has 1 unspecified atom stereocenters. The summed E-state index contributed by atoms with van der Waals surface area (Å²) in [5.74, 6) is 0.717. The second-order valence-corrected chi connectivity index (χ2v) is 5.15. The summed E-state index contributed by atoms with van der Waals surface area (Å²) in [5, 5.41) is 3.14. The van der Waals surface area contributed by atoms with Crippen LogP contribution in [0.1, 0.15) is 37.0 Å². The average molecular weight is 293 g/mol. The summed E-state index contributed by atoms with van der Waals surface area (Å²) in [6.45, 7) is 11.6. The zero-order valence-electron chi connectivity index (χ0n) is 13.8. The van der Waals surface area contributed by atoms with E-state index < -0.39 is 0 Å². The molecule has 0 amide bonds. The van der Waals surface area contributed by atoms with Crippen LogP contribution in [0.2, 0.25) is 0 Å². The summed E-state index contributed by atoms with van der Waals surface area (Å²) in [4.78, 5) is 11.8. The maximum Gasteiger partial charge on any atom is 0.323 e. The van der Waals surface area contributed by atoms with Crippen LogP contribution in [0.3, 0.4) is 0 Å². The van der Waals surface area contributed by atoms with Gasteiger partial charge in [0.25, 0.3) is 0 Å². The molecule has 0 heterocycles. The first-order valence-electron chi connectivity index (χ1n) is 7.60. The highest BCUT2D eigenvalue weighted by Crippen LogP contribution is 2.25. The number of esters is 1. The standard InChI is InChI=1S/C17H27NO3/c1-6-18-15(17(19)20-7-2)10-11-21-16-13(4)9-8-12(3)14(16)5/h8-9,15,18H,6-7,10-11H2,1-5H3. The highest BCUT2D eigenvalue weighted by atomic mass is 16.5. The number of likely N-dealkylation sites (N-methyl/N-ethyl adjacent to an activating group) is 1. The molecule has 1 atom stereocenters. The lowest BCUT2D eigenvalue weighted by molar-refractivity contribution is -0.146. The molecule has 4 heteroatoms. The van der Waals surface area contributed by atoms with Gasteiger partial charge in [-0.05, 0) is 50.9 Å². The maximum absolute atomic E-state index is 11.8. The van der Waals surface area contributed by atoms with Gasteiger partial charge in [-0.1, -0.05) is 19.1 Å². The highest BCUT2D eigenvalue weighted by molar-refractivity contribution is 5.75. The summed E-state index contributed by atoms with van der Waals surface area (Å²) >= 11 is 0. The van der Waals surface area contributed by atoms with Crippen molar-refractivity contribution in [1.82, 2.24) is 5.32 Å². The number of benzene rings is 1. The Balaban J connectivity index is 2.62. The van der Waals surface area contributed by atoms with E-state index in [0.29, 0.717) is 19.6 Å². The number of ether oxygens (including phenoxy) is 2. The minimum absolute atomic E-state index is 0.208. The molecule has 0 fully saturated rings. The normalized spacial score (nSPS) is 12.0. The molecule has 1 aromatic rings. The molecule has 0 saturated heterocycles. The van der Waals surface area contributed by atoms with Crippen LogP contribution < -0.4 is 10.1 Å². The predicted molar refractivity (Wildman–Crippen MR) is 84.9 cm³/mol. The molecule has 0 bridgehead atoms. The molecular weight excluding hydrogens is 266 g/mol. The number of nitrogens with one attached hydrogen (secondary N) is 1. The van der Waals surface area contributed by atoms with Gasteiger partial charge in [0.05, 0.1) is 13.2 Å². The van der Waals surface area contributed by atoms with Crippen LogP contribution in [0.25, 0.3) is 0 Å². The van der Waals surface area contributed by atoms with Crippen LogP contribution in [0.5, 0.6) is 5.75 Å². The van der Waals surface area contributed by atoms with E-state index in [0.717, 1.165) is 23.4 Å². The fraction of sp³-hybridized carbons (Fsp3) is 0.588. The van der Waals surface area contributed by atoms with Gasteiger partial charge in [0.15, 0.2) is 0 Å². The molecule has 21 heavy (non-hydrogen) atoms. The molecule has 1 rings (SSSR count). The molecule has 0 radical (unpaired) electrons. The third kappa shape index (κ3) is 5.05. The summed E-state index contributed by atoms with van der Waals surface area (Å²) in [6, 6.07) is 3.85. The van der Waals surface area contributed by atoms with Crippen molar-refractivity contribution in [2.45, 2.75) is 47.1 Å². The van der Waals surface area contributed by atoms with E-state index in [4.69, 9.17) is 9.47 Å². The molecule has 0 saturated carbocycles. The molecule has 0 spiro atoms. The van der Waals surface area contributed by atoms with E-state index in [2.05, 4.69) is 31.3 Å². The van der Waals surface area contributed by atoms with Crippen LogP contribution in [-0.4, -0.2) is 31.8 Å². The Hall–Kier alpha value is -1.55. The molecular formula is C17H27NO3. The van der Waals surface area contributed by atoms with Crippen molar-refractivity contribution in [2.75, 3.05) is 19.8 Å². The molecule has 0 aliphatic heterocycles. The van der Waals surface area contributed by atoms with E-state index in [1.165, 1.54) is 5.56 Å². The van der Waals surface area contributed by atoms with E-state index in [9.17, 15) is 4.79 Å². The number of hydrogen-bond acceptors (Lipinski definition) is 4. The summed E-state index contributed by atoms with van der Waals surface area (Å²) in [6.07, 6.45) is 0.597. The van der Waals surface area contributed by atoms with Crippen molar-refractivity contribution in [3.8, 4) is 5.75 Å². The van der Waals surface area contributed by atoms with Gasteiger partial charge in [0.1, 0.15) is 11.8 Å². The van der Waals surface area contributed by atoms with Crippen LogP contribution in [0.4, 0.5) is 0 Å². The Labute approximate surface area is 127 Å². The number of carbonyl (C=O) groups is 1. The van der Waals surface area contributed by atoms with Gasteiger partial charge in [-0.15, -0.1) is 0 Å². The molecule has 0 aliphatic carbocycles. The molecule has 118 valence electrons. The molecule has 1 aromatic carbocycles. The number of aryl methyl sites for hydroxylation is 2. The van der Waals surface area contributed by atoms with E-state index in [1.807, 2.05) is 20.8 Å². The Bertz CT molecular complexity index is 471. The molecule has 0 aliphatic rings. The third-order valence-electron chi connectivity index (χ3n) is 3.55. The van der Waals surface area contributed by atoms with Crippen molar-refractivity contribution in [3.05, 3.63) is 28.8 Å².